The molecule has 1 aliphatic heterocycles. The first kappa shape index (κ1) is 11.5. The Morgan fingerprint density at radius 1 is 1.64 bits per heavy atom. The van der Waals surface area contributed by atoms with Gasteiger partial charge in [-0.05, 0) is 33.4 Å². The Morgan fingerprint density at radius 2 is 2.36 bits per heavy atom. The highest BCUT2D eigenvalue weighted by molar-refractivity contribution is 5.08. The van der Waals surface area contributed by atoms with Crippen LogP contribution in [0.25, 0.3) is 0 Å². The van der Waals surface area contributed by atoms with E-state index in [9.17, 15) is 0 Å². The van der Waals surface area contributed by atoms with Gasteiger partial charge in [0.15, 0.2) is 0 Å². The Labute approximate surface area is 86.5 Å². The van der Waals surface area contributed by atoms with E-state index in [0.717, 1.165) is 25.2 Å². The van der Waals surface area contributed by atoms with Crippen molar-refractivity contribution in [3.05, 3.63) is 11.8 Å². The summed E-state index contributed by atoms with van der Waals surface area (Å²) in [6.07, 6.45) is 4.11. The van der Waals surface area contributed by atoms with E-state index in [1.807, 2.05) is 7.05 Å². The number of ether oxygens (including phenoxy) is 2. The Morgan fingerprint density at radius 3 is 2.79 bits per heavy atom. The summed E-state index contributed by atoms with van der Waals surface area (Å²) in [5, 5.41) is 3.26. The zero-order chi connectivity index (χ0) is 10.6. The van der Waals surface area contributed by atoms with Crippen molar-refractivity contribution < 1.29 is 9.47 Å². The van der Waals surface area contributed by atoms with Gasteiger partial charge in [-0.2, -0.15) is 0 Å². The van der Waals surface area contributed by atoms with Gasteiger partial charge >= 0.3 is 0 Å². The summed E-state index contributed by atoms with van der Waals surface area (Å²) in [6, 6.07) is 0.271. The highest BCUT2D eigenvalue weighted by Crippen LogP contribution is 2.22. The molecule has 3 heteroatoms. The molecule has 0 amide bonds. The van der Waals surface area contributed by atoms with Gasteiger partial charge < -0.3 is 14.8 Å². The monoisotopic (exact) mass is 199 g/mol. The third kappa shape index (κ3) is 3.00. The smallest absolute Gasteiger partial charge is 0.109 e. The van der Waals surface area contributed by atoms with Crippen LogP contribution in [-0.2, 0) is 9.47 Å². The zero-order valence-corrected chi connectivity index (χ0v) is 9.59. The second kappa shape index (κ2) is 4.80. The number of nitrogens with one attached hydrogen (secondary N) is 1. The molecular weight excluding hydrogens is 178 g/mol. The molecule has 1 unspecified atom stereocenters. The van der Waals surface area contributed by atoms with Crippen LogP contribution in [0.2, 0.25) is 0 Å². The SMILES string of the molecule is CNC(CC(C)(C)OC)C1=CCCO1. The highest BCUT2D eigenvalue weighted by atomic mass is 16.5. The average molecular weight is 199 g/mol. The third-order valence-corrected chi connectivity index (χ3v) is 2.67. The molecule has 0 saturated heterocycles. The number of likely N-dealkylation sites (N-methyl/N-ethyl adjacent to an activating group) is 1. The van der Waals surface area contributed by atoms with Gasteiger partial charge in [0.05, 0.1) is 18.2 Å². The average Bonchev–Trinajstić information content (AvgIpc) is 2.67. The van der Waals surface area contributed by atoms with Crippen LogP contribution >= 0.6 is 0 Å². The van der Waals surface area contributed by atoms with E-state index >= 15 is 0 Å². The molecule has 3 nitrogen and oxygen atoms in total. The molecule has 0 aromatic heterocycles. The lowest BCUT2D eigenvalue weighted by Crippen LogP contribution is -2.37. The highest BCUT2D eigenvalue weighted by Gasteiger charge is 2.26. The second-order valence-corrected chi connectivity index (χ2v) is 4.25. The van der Waals surface area contributed by atoms with Crippen LogP contribution in [0.1, 0.15) is 26.7 Å². The first-order valence-electron chi connectivity index (χ1n) is 5.14. The lowest BCUT2D eigenvalue weighted by atomic mass is 9.97. The summed E-state index contributed by atoms with van der Waals surface area (Å²) in [7, 11) is 3.70. The van der Waals surface area contributed by atoms with Gasteiger partial charge in [-0.15, -0.1) is 0 Å². The normalized spacial score (nSPS) is 19.0. The number of methoxy groups -OCH3 is 1. The molecule has 0 spiro atoms. The van der Waals surface area contributed by atoms with Crippen molar-refractivity contribution in [1.29, 1.82) is 0 Å². The van der Waals surface area contributed by atoms with Crippen LogP contribution in [0, 0.1) is 0 Å². The third-order valence-electron chi connectivity index (χ3n) is 2.67. The molecular formula is C11H21NO2. The molecule has 0 bridgehead atoms. The van der Waals surface area contributed by atoms with Crippen molar-refractivity contribution in [2.45, 2.75) is 38.3 Å². The molecule has 1 rings (SSSR count). The minimum Gasteiger partial charge on any atom is -0.496 e. The predicted molar refractivity (Wildman–Crippen MR) is 57.2 cm³/mol. The summed E-state index contributed by atoms with van der Waals surface area (Å²) >= 11 is 0. The van der Waals surface area contributed by atoms with Crippen LogP contribution in [0.3, 0.4) is 0 Å². The van der Waals surface area contributed by atoms with E-state index in [2.05, 4.69) is 25.2 Å². The molecule has 0 aliphatic carbocycles. The molecule has 1 aliphatic rings. The zero-order valence-electron chi connectivity index (χ0n) is 9.59. The van der Waals surface area contributed by atoms with Crippen LogP contribution in [0.15, 0.2) is 11.8 Å². The van der Waals surface area contributed by atoms with Crippen molar-refractivity contribution in [3.63, 3.8) is 0 Å². The van der Waals surface area contributed by atoms with Crippen molar-refractivity contribution in [3.8, 4) is 0 Å². The van der Waals surface area contributed by atoms with E-state index < -0.39 is 0 Å². The lowest BCUT2D eigenvalue weighted by molar-refractivity contribution is 0.00617. The van der Waals surface area contributed by atoms with E-state index in [0.29, 0.717) is 0 Å². The summed E-state index contributed by atoms with van der Waals surface area (Å²) in [5.41, 5.74) is -0.111. The Balaban J connectivity index is 2.54. The van der Waals surface area contributed by atoms with Gasteiger partial charge in [-0.25, -0.2) is 0 Å². The van der Waals surface area contributed by atoms with Crippen molar-refractivity contribution >= 4 is 0 Å². The van der Waals surface area contributed by atoms with Gasteiger partial charge in [0.2, 0.25) is 0 Å². The lowest BCUT2D eigenvalue weighted by Gasteiger charge is -2.28. The molecule has 0 radical (unpaired) electrons. The predicted octanol–water partition coefficient (Wildman–Crippen LogP) is 1.69. The van der Waals surface area contributed by atoms with Gasteiger partial charge in [-0.1, -0.05) is 0 Å². The first-order chi connectivity index (χ1) is 6.59. The van der Waals surface area contributed by atoms with Crippen LogP contribution in [-0.4, -0.2) is 32.4 Å². The van der Waals surface area contributed by atoms with Crippen molar-refractivity contribution in [2.24, 2.45) is 0 Å². The summed E-state index contributed by atoms with van der Waals surface area (Å²) in [5.74, 6) is 1.07. The van der Waals surface area contributed by atoms with E-state index in [1.165, 1.54) is 0 Å². The largest absolute Gasteiger partial charge is 0.496 e. The topological polar surface area (TPSA) is 30.5 Å². The first-order valence-corrected chi connectivity index (χ1v) is 5.14. The maximum atomic E-state index is 5.54. The fourth-order valence-corrected chi connectivity index (χ4v) is 1.60. The van der Waals surface area contributed by atoms with Gasteiger partial charge in [0.1, 0.15) is 5.76 Å². The minimum absolute atomic E-state index is 0.111. The molecule has 1 atom stereocenters. The van der Waals surface area contributed by atoms with E-state index in [4.69, 9.17) is 9.47 Å². The summed E-state index contributed by atoms with van der Waals surface area (Å²) in [4.78, 5) is 0. The Hall–Kier alpha value is -0.540. The quantitative estimate of drug-likeness (QED) is 0.731. The number of rotatable bonds is 5. The fourth-order valence-electron chi connectivity index (χ4n) is 1.60. The van der Waals surface area contributed by atoms with Crippen molar-refractivity contribution in [2.75, 3.05) is 20.8 Å². The molecule has 0 aromatic carbocycles. The van der Waals surface area contributed by atoms with Gasteiger partial charge in [0.25, 0.3) is 0 Å². The van der Waals surface area contributed by atoms with E-state index in [-0.39, 0.29) is 11.6 Å². The molecule has 0 fully saturated rings. The fraction of sp³-hybridized carbons (Fsp3) is 0.818. The Bertz CT molecular complexity index is 211. The Kier molecular flexibility index (Phi) is 3.96. The number of hydrogen-bond donors (Lipinski definition) is 1. The summed E-state index contributed by atoms with van der Waals surface area (Å²) in [6.45, 7) is 5.00. The molecule has 1 N–H and O–H groups in total. The van der Waals surface area contributed by atoms with Gasteiger partial charge in [-0.3, -0.25) is 0 Å². The molecule has 14 heavy (non-hydrogen) atoms. The maximum absolute atomic E-state index is 5.54. The minimum atomic E-state index is -0.111. The molecule has 82 valence electrons. The van der Waals surface area contributed by atoms with Crippen LogP contribution in [0.4, 0.5) is 0 Å². The number of hydrogen-bond acceptors (Lipinski definition) is 3. The van der Waals surface area contributed by atoms with Crippen LogP contribution < -0.4 is 5.32 Å². The standard InChI is InChI=1S/C11H21NO2/c1-11(2,13-4)8-9(12-3)10-6-5-7-14-10/h6,9,12H,5,7-8H2,1-4H3. The maximum Gasteiger partial charge on any atom is 0.109 e. The van der Waals surface area contributed by atoms with E-state index in [1.54, 1.807) is 7.11 Å². The van der Waals surface area contributed by atoms with Crippen LogP contribution in [0.5, 0.6) is 0 Å². The summed E-state index contributed by atoms with van der Waals surface area (Å²) < 4.78 is 10.9. The molecule has 1 heterocycles. The second-order valence-electron chi connectivity index (χ2n) is 4.25. The molecule has 0 aromatic rings. The van der Waals surface area contributed by atoms with Gasteiger partial charge in [0, 0.05) is 13.5 Å². The molecule has 0 saturated carbocycles. The van der Waals surface area contributed by atoms with Crippen molar-refractivity contribution in [1.82, 2.24) is 5.32 Å².